The van der Waals surface area contributed by atoms with Crippen LogP contribution in [0.5, 0.6) is 0 Å². The summed E-state index contributed by atoms with van der Waals surface area (Å²) in [6.07, 6.45) is 6.62. The molecule has 1 amide bonds. The van der Waals surface area contributed by atoms with Crippen LogP contribution in [0.4, 0.5) is 0 Å². The molecule has 2 aliphatic rings. The van der Waals surface area contributed by atoms with Crippen LogP contribution >= 0.6 is 0 Å². The zero-order chi connectivity index (χ0) is 14.5. The lowest BCUT2D eigenvalue weighted by atomic mass is 9.89. The van der Waals surface area contributed by atoms with E-state index >= 15 is 0 Å². The molecule has 2 unspecified atom stereocenters. The molecule has 2 rings (SSSR count). The molecule has 0 aromatic carbocycles. The molecule has 0 spiro atoms. The Bertz CT molecular complexity index is 314. The fourth-order valence-corrected chi connectivity index (χ4v) is 3.73. The summed E-state index contributed by atoms with van der Waals surface area (Å²) in [5.41, 5.74) is 0. The largest absolute Gasteiger partial charge is 0.377 e. The third-order valence-electron chi connectivity index (χ3n) is 5.01. The van der Waals surface area contributed by atoms with Crippen molar-refractivity contribution in [1.29, 1.82) is 0 Å². The van der Waals surface area contributed by atoms with Crippen LogP contribution in [0, 0.1) is 5.92 Å². The van der Waals surface area contributed by atoms with Gasteiger partial charge < -0.3 is 15.0 Å². The lowest BCUT2D eigenvalue weighted by molar-refractivity contribution is -0.138. The molecule has 1 saturated heterocycles. The first kappa shape index (κ1) is 15.8. The number of ether oxygens (including phenoxy) is 1. The summed E-state index contributed by atoms with van der Waals surface area (Å²) in [5, 5.41) is 3.52. The van der Waals surface area contributed by atoms with Crippen LogP contribution in [0.1, 0.15) is 52.4 Å². The van der Waals surface area contributed by atoms with Gasteiger partial charge in [0.15, 0.2) is 0 Å². The van der Waals surface area contributed by atoms with Gasteiger partial charge in [-0.2, -0.15) is 0 Å². The van der Waals surface area contributed by atoms with E-state index in [0.717, 1.165) is 38.8 Å². The fraction of sp³-hybridized carbons (Fsp3) is 0.938. The van der Waals surface area contributed by atoms with Crippen molar-refractivity contribution in [1.82, 2.24) is 10.2 Å². The molecule has 4 heteroatoms. The number of rotatable bonds is 5. The maximum absolute atomic E-state index is 12.7. The van der Waals surface area contributed by atoms with Gasteiger partial charge in [0, 0.05) is 25.7 Å². The Kier molecular flexibility index (Phi) is 5.85. The van der Waals surface area contributed by atoms with Crippen LogP contribution in [0.15, 0.2) is 0 Å². The highest BCUT2D eigenvalue weighted by Crippen LogP contribution is 2.28. The molecule has 1 aliphatic carbocycles. The number of hydrogen-bond donors (Lipinski definition) is 1. The number of carbonyl (C=O) groups excluding carboxylic acids is 1. The second-order valence-corrected chi connectivity index (χ2v) is 6.22. The van der Waals surface area contributed by atoms with E-state index < -0.39 is 0 Å². The van der Waals surface area contributed by atoms with Crippen LogP contribution in [-0.4, -0.2) is 49.2 Å². The van der Waals surface area contributed by atoms with Crippen molar-refractivity contribution in [2.24, 2.45) is 5.92 Å². The molecule has 2 fully saturated rings. The summed E-state index contributed by atoms with van der Waals surface area (Å²) < 4.78 is 5.66. The molecule has 2 atom stereocenters. The molecule has 0 radical (unpaired) electrons. The summed E-state index contributed by atoms with van der Waals surface area (Å²) in [6, 6.07) is 1.08. The first-order valence-corrected chi connectivity index (χ1v) is 8.29. The standard InChI is InChI=1S/C16H30N2O2/c1-4-15-14(10-11-20-15)16(19)18(3)13-8-6-12(7-9-13)17-5-2/h12-15,17H,4-11H2,1-3H3. The van der Waals surface area contributed by atoms with E-state index in [4.69, 9.17) is 4.74 Å². The zero-order valence-electron chi connectivity index (χ0n) is 13.2. The molecule has 20 heavy (non-hydrogen) atoms. The van der Waals surface area contributed by atoms with Crippen molar-refractivity contribution in [3.63, 3.8) is 0 Å². The maximum atomic E-state index is 12.7. The molecule has 1 heterocycles. The minimum atomic E-state index is 0.0940. The smallest absolute Gasteiger partial charge is 0.228 e. The van der Waals surface area contributed by atoms with Crippen molar-refractivity contribution < 1.29 is 9.53 Å². The molecular formula is C16H30N2O2. The average molecular weight is 282 g/mol. The van der Waals surface area contributed by atoms with Gasteiger partial charge in [-0.05, 0) is 45.1 Å². The fourth-order valence-electron chi connectivity index (χ4n) is 3.73. The quantitative estimate of drug-likeness (QED) is 0.840. The number of nitrogens with zero attached hydrogens (tertiary/aromatic N) is 1. The van der Waals surface area contributed by atoms with Crippen LogP contribution in [0.3, 0.4) is 0 Å². The first-order valence-electron chi connectivity index (χ1n) is 8.29. The molecule has 0 aromatic heterocycles. The molecule has 116 valence electrons. The Labute approximate surface area is 123 Å². The van der Waals surface area contributed by atoms with Gasteiger partial charge in [0.1, 0.15) is 0 Å². The third kappa shape index (κ3) is 3.53. The van der Waals surface area contributed by atoms with E-state index in [0.29, 0.717) is 18.0 Å². The SMILES string of the molecule is CCNC1CCC(N(C)C(=O)C2CCOC2CC)CC1. The Morgan fingerprint density at radius 2 is 1.90 bits per heavy atom. The van der Waals surface area contributed by atoms with E-state index in [1.54, 1.807) is 0 Å². The second-order valence-electron chi connectivity index (χ2n) is 6.22. The average Bonchev–Trinajstić information content (AvgIpc) is 2.95. The van der Waals surface area contributed by atoms with Gasteiger partial charge in [-0.3, -0.25) is 4.79 Å². The summed E-state index contributed by atoms with van der Waals surface area (Å²) in [4.78, 5) is 14.7. The van der Waals surface area contributed by atoms with E-state index in [-0.39, 0.29) is 12.0 Å². The monoisotopic (exact) mass is 282 g/mol. The minimum absolute atomic E-state index is 0.0940. The molecule has 1 saturated carbocycles. The summed E-state index contributed by atoms with van der Waals surface area (Å²) >= 11 is 0. The second kappa shape index (κ2) is 7.41. The number of nitrogens with one attached hydrogen (secondary N) is 1. The lowest BCUT2D eigenvalue weighted by Gasteiger charge is -2.36. The Morgan fingerprint density at radius 3 is 2.50 bits per heavy atom. The van der Waals surface area contributed by atoms with Crippen molar-refractivity contribution in [2.75, 3.05) is 20.2 Å². The molecule has 0 bridgehead atoms. The molecular weight excluding hydrogens is 252 g/mol. The van der Waals surface area contributed by atoms with Crippen LogP contribution in [0.2, 0.25) is 0 Å². The summed E-state index contributed by atoms with van der Waals surface area (Å²) in [6.45, 7) is 6.06. The van der Waals surface area contributed by atoms with E-state index in [1.165, 1.54) is 12.8 Å². The van der Waals surface area contributed by atoms with E-state index in [2.05, 4.69) is 19.2 Å². The molecule has 1 N–H and O–H groups in total. The summed E-state index contributed by atoms with van der Waals surface area (Å²) in [7, 11) is 1.99. The molecule has 4 nitrogen and oxygen atoms in total. The Hall–Kier alpha value is -0.610. The van der Waals surface area contributed by atoms with Crippen LogP contribution < -0.4 is 5.32 Å². The van der Waals surface area contributed by atoms with Crippen molar-refractivity contribution in [3.8, 4) is 0 Å². The highest BCUT2D eigenvalue weighted by molar-refractivity contribution is 5.79. The third-order valence-corrected chi connectivity index (χ3v) is 5.01. The van der Waals surface area contributed by atoms with Gasteiger partial charge in [-0.15, -0.1) is 0 Å². The topological polar surface area (TPSA) is 41.6 Å². The molecule has 1 aliphatic heterocycles. The number of amides is 1. The van der Waals surface area contributed by atoms with Gasteiger partial charge in [-0.25, -0.2) is 0 Å². The van der Waals surface area contributed by atoms with E-state index in [1.807, 2.05) is 11.9 Å². The Balaban J connectivity index is 1.85. The van der Waals surface area contributed by atoms with Crippen molar-refractivity contribution in [3.05, 3.63) is 0 Å². The zero-order valence-corrected chi connectivity index (χ0v) is 13.2. The van der Waals surface area contributed by atoms with Gasteiger partial charge in [0.05, 0.1) is 12.0 Å². The first-order chi connectivity index (χ1) is 9.67. The van der Waals surface area contributed by atoms with Crippen LogP contribution in [-0.2, 0) is 9.53 Å². The minimum Gasteiger partial charge on any atom is -0.377 e. The predicted molar refractivity (Wildman–Crippen MR) is 80.6 cm³/mol. The van der Waals surface area contributed by atoms with Gasteiger partial charge in [0.25, 0.3) is 0 Å². The highest BCUT2D eigenvalue weighted by Gasteiger charge is 2.37. The number of carbonyl (C=O) groups is 1. The molecule has 0 aromatic rings. The van der Waals surface area contributed by atoms with Crippen LogP contribution in [0.25, 0.3) is 0 Å². The van der Waals surface area contributed by atoms with Gasteiger partial charge >= 0.3 is 0 Å². The normalized spacial score (nSPS) is 34.1. The van der Waals surface area contributed by atoms with E-state index in [9.17, 15) is 4.79 Å². The van der Waals surface area contributed by atoms with Crippen molar-refractivity contribution in [2.45, 2.75) is 70.6 Å². The van der Waals surface area contributed by atoms with Crippen molar-refractivity contribution >= 4 is 5.91 Å². The number of hydrogen-bond acceptors (Lipinski definition) is 3. The Morgan fingerprint density at radius 1 is 1.20 bits per heavy atom. The maximum Gasteiger partial charge on any atom is 0.228 e. The predicted octanol–water partition coefficient (Wildman–Crippen LogP) is 2.18. The highest BCUT2D eigenvalue weighted by atomic mass is 16.5. The lowest BCUT2D eigenvalue weighted by Crippen LogP contribution is -2.46. The summed E-state index contributed by atoms with van der Waals surface area (Å²) in [5.74, 6) is 0.401. The van der Waals surface area contributed by atoms with Gasteiger partial charge in [0.2, 0.25) is 5.91 Å². The van der Waals surface area contributed by atoms with Gasteiger partial charge in [-0.1, -0.05) is 13.8 Å².